The molecule has 1 heterocycles. The topological polar surface area (TPSA) is 84.2 Å². The fraction of sp³-hybridized carbons (Fsp3) is 0.667. The summed E-state index contributed by atoms with van der Waals surface area (Å²) in [6.45, 7) is 6.60. The first-order chi connectivity index (χ1) is 9.93. The summed E-state index contributed by atoms with van der Waals surface area (Å²) in [7, 11) is 0. The normalized spacial score (nSPS) is 21.5. The van der Waals surface area contributed by atoms with Crippen molar-refractivity contribution in [2.24, 2.45) is 5.92 Å². The Morgan fingerprint density at radius 1 is 1.38 bits per heavy atom. The van der Waals surface area contributed by atoms with Gasteiger partial charge in [-0.25, -0.2) is 0 Å². The first kappa shape index (κ1) is 15.5. The SMILES string of the molecule is CCCn1nc(C)c(C(=O)N[C@@H]2CC[C@H](C(=O)O)C2)c1C. The molecule has 1 amide bonds. The fourth-order valence-corrected chi connectivity index (χ4v) is 3.05. The Bertz CT molecular complexity index is 551. The van der Waals surface area contributed by atoms with Gasteiger partial charge in [-0.1, -0.05) is 6.92 Å². The number of nitrogens with zero attached hydrogens (tertiary/aromatic N) is 2. The molecule has 1 aromatic rings. The van der Waals surface area contributed by atoms with E-state index in [0.29, 0.717) is 18.4 Å². The summed E-state index contributed by atoms with van der Waals surface area (Å²) < 4.78 is 1.86. The van der Waals surface area contributed by atoms with Gasteiger partial charge in [-0.05, 0) is 39.5 Å². The van der Waals surface area contributed by atoms with Gasteiger partial charge in [0.25, 0.3) is 5.91 Å². The van der Waals surface area contributed by atoms with E-state index in [1.165, 1.54) is 0 Å². The van der Waals surface area contributed by atoms with Gasteiger partial charge in [0.1, 0.15) is 0 Å². The number of amides is 1. The molecular formula is C15H23N3O3. The Kier molecular flexibility index (Phi) is 4.65. The Labute approximate surface area is 124 Å². The predicted molar refractivity (Wildman–Crippen MR) is 78.2 cm³/mol. The zero-order valence-electron chi connectivity index (χ0n) is 12.8. The van der Waals surface area contributed by atoms with E-state index in [9.17, 15) is 9.59 Å². The largest absolute Gasteiger partial charge is 0.481 e. The lowest BCUT2D eigenvalue weighted by atomic mass is 10.1. The highest BCUT2D eigenvalue weighted by Crippen LogP contribution is 2.26. The lowest BCUT2D eigenvalue weighted by molar-refractivity contribution is -0.141. The summed E-state index contributed by atoms with van der Waals surface area (Å²) in [5.41, 5.74) is 2.23. The molecule has 1 fully saturated rings. The van der Waals surface area contributed by atoms with Crippen LogP contribution in [0.1, 0.15) is 54.4 Å². The predicted octanol–water partition coefficient (Wildman–Crippen LogP) is 1.89. The second-order valence-corrected chi connectivity index (χ2v) is 5.79. The molecule has 116 valence electrons. The van der Waals surface area contributed by atoms with Gasteiger partial charge in [-0.15, -0.1) is 0 Å². The maximum absolute atomic E-state index is 12.4. The van der Waals surface area contributed by atoms with Crippen molar-refractivity contribution in [2.75, 3.05) is 0 Å². The molecule has 2 atom stereocenters. The van der Waals surface area contributed by atoms with Crippen LogP contribution in [0.25, 0.3) is 0 Å². The highest BCUT2D eigenvalue weighted by Gasteiger charge is 2.31. The van der Waals surface area contributed by atoms with Crippen LogP contribution in [0.4, 0.5) is 0 Å². The molecule has 6 nitrogen and oxygen atoms in total. The molecule has 0 unspecified atom stereocenters. The number of aryl methyl sites for hydroxylation is 2. The van der Waals surface area contributed by atoms with E-state index >= 15 is 0 Å². The molecule has 2 rings (SSSR count). The number of carboxylic acids is 1. The van der Waals surface area contributed by atoms with E-state index in [1.807, 2.05) is 18.5 Å². The average molecular weight is 293 g/mol. The number of nitrogens with one attached hydrogen (secondary N) is 1. The first-order valence-electron chi connectivity index (χ1n) is 7.51. The third-order valence-corrected chi connectivity index (χ3v) is 4.16. The summed E-state index contributed by atoms with van der Waals surface area (Å²) in [6.07, 6.45) is 2.84. The van der Waals surface area contributed by atoms with Crippen molar-refractivity contribution in [3.63, 3.8) is 0 Å². The standard InChI is InChI=1S/C15H23N3O3/c1-4-7-18-10(3)13(9(2)17-18)14(19)16-12-6-5-11(8-12)15(20)21/h11-12H,4-8H2,1-3H3,(H,16,19)(H,20,21)/t11-,12+/m0/s1. The fourth-order valence-electron chi connectivity index (χ4n) is 3.05. The van der Waals surface area contributed by atoms with Crippen LogP contribution >= 0.6 is 0 Å². The summed E-state index contributed by atoms with van der Waals surface area (Å²) in [5.74, 6) is -1.24. The summed E-state index contributed by atoms with van der Waals surface area (Å²) >= 11 is 0. The molecule has 1 aliphatic carbocycles. The molecule has 2 N–H and O–H groups in total. The molecule has 0 bridgehead atoms. The summed E-state index contributed by atoms with van der Waals surface area (Å²) in [4.78, 5) is 23.4. The van der Waals surface area contributed by atoms with Crippen LogP contribution in [0.5, 0.6) is 0 Å². The van der Waals surface area contributed by atoms with Crippen LogP contribution in [0.3, 0.4) is 0 Å². The van der Waals surface area contributed by atoms with E-state index in [2.05, 4.69) is 17.3 Å². The highest BCUT2D eigenvalue weighted by atomic mass is 16.4. The van der Waals surface area contributed by atoms with Crippen molar-refractivity contribution in [3.8, 4) is 0 Å². The second kappa shape index (κ2) is 6.28. The van der Waals surface area contributed by atoms with Gasteiger partial charge in [0, 0.05) is 18.3 Å². The van der Waals surface area contributed by atoms with Crippen molar-refractivity contribution in [2.45, 2.75) is 59.0 Å². The van der Waals surface area contributed by atoms with Gasteiger partial charge in [-0.3, -0.25) is 14.3 Å². The summed E-state index contributed by atoms with van der Waals surface area (Å²) in [6, 6.07) is -0.0491. The van der Waals surface area contributed by atoms with Crippen molar-refractivity contribution in [1.82, 2.24) is 15.1 Å². The smallest absolute Gasteiger partial charge is 0.306 e. The quantitative estimate of drug-likeness (QED) is 0.868. The number of aliphatic carboxylic acids is 1. The van der Waals surface area contributed by atoms with E-state index in [0.717, 1.165) is 30.8 Å². The van der Waals surface area contributed by atoms with Crippen LogP contribution in [0.15, 0.2) is 0 Å². The zero-order valence-corrected chi connectivity index (χ0v) is 12.8. The Morgan fingerprint density at radius 3 is 2.67 bits per heavy atom. The lowest BCUT2D eigenvalue weighted by Crippen LogP contribution is -2.34. The van der Waals surface area contributed by atoms with E-state index < -0.39 is 5.97 Å². The monoisotopic (exact) mass is 293 g/mol. The minimum absolute atomic E-state index is 0.0491. The maximum atomic E-state index is 12.4. The number of carboxylic acid groups (broad SMARTS) is 1. The van der Waals surface area contributed by atoms with Gasteiger partial charge < -0.3 is 10.4 Å². The molecule has 0 aliphatic heterocycles. The number of carbonyl (C=O) groups excluding carboxylic acids is 1. The summed E-state index contributed by atoms with van der Waals surface area (Å²) in [5, 5.41) is 16.4. The highest BCUT2D eigenvalue weighted by molar-refractivity contribution is 5.96. The van der Waals surface area contributed by atoms with Crippen LogP contribution in [-0.4, -0.2) is 32.8 Å². The van der Waals surface area contributed by atoms with Crippen molar-refractivity contribution in [3.05, 3.63) is 17.0 Å². The first-order valence-corrected chi connectivity index (χ1v) is 7.51. The molecule has 0 saturated heterocycles. The molecule has 1 aliphatic rings. The Morgan fingerprint density at radius 2 is 2.10 bits per heavy atom. The minimum atomic E-state index is -0.769. The molecule has 21 heavy (non-hydrogen) atoms. The third kappa shape index (κ3) is 3.25. The van der Waals surface area contributed by atoms with E-state index in [4.69, 9.17) is 5.11 Å². The van der Waals surface area contributed by atoms with Gasteiger partial charge in [-0.2, -0.15) is 5.10 Å². The van der Waals surface area contributed by atoms with E-state index in [1.54, 1.807) is 0 Å². The number of rotatable bonds is 5. The van der Waals surface area contributed by atoms with Gasteiger partial charge >= 0.3 is 5.97 Å². The maximum Gasteiger partial charge on any atom is 0.306 e. The Hall–Kier alpha value is -1.85. The number of carbonyl (C=O) groups is 2. The van der Waals surface area contributed by atoms with Gasteiger partial charge in [0.15, 0.2) is 0 Å². The molecule has 1 aromatic heterocycles. The van der Waals surface area contributed by atoms with Crippen molar-refractivity contribution >= 4 is 11.9 Å². The minimum Gasteiger partial charge on any atom is -0.481 e. The van der Waals surface area contributed by atoms with E-state index in [-0.39, 0.29) is 17.9 Å². The van der Waals surface area contributed by atoms with Crippen LogP contribution in [0, 0.1) is 19.8 Å². The Balaban J connectivity index is 2.06. The van der Waals surface area contributed by atoms with Crippen LogP contribution in [-0.2, 0) is 11.3 Å². The molecule has 0 spiro atoms. The third-order valence-electron chi connectivity index (χ3n) is 4.16. The van der Waals surface area contributed by atoms with Crippen molar-refractivity contribution in [1.29, 1.82) is 0 Å². The van der Waals surface area contributed by atoms with Gasteiger partial charge in [0.2, 0.25) is 0 Å². The van der Waals surface area contributed by atoms with Crippen LogP contribution < -0.4 is 5.32 Å². The number of hydrogen-bond donors (Lipinski definition) is 2. The molecule has 6 heteroatoms. The zero-order chi connectivity index (χ0) is 15.6. The molecule has 0 radical (unpaired) electrons. The molecule has 1 saturated carbocycles. The molecular weight excluding hydrogens is 270 g/mol. The average Bonchev–Trinajstić information content (AvgIpc) is 2.96. The number of hydrogen-bond acceptors (Lipinski definition) is 3. The van der Waals surface area contributed by atoms with Crippen LogP contribution in [0.2, 0.25) is 0 Å². The lowest BCUT2D eigenvalue weighted by Gasteiger charge is -2.12. The second-order valence-electron chi connectivity index (χ2n) is 5.79. The number of aromatic nitrogens is 2. The van der Waals surface area contributed by atoms with Gasteiger partial charge in [0.05, 0.1) is 17.2 Å². The molecule has 0 aromatic carbocycles. The van der Waals surface area contributed by atoms with Crippen molar-refractivity contribution < 1.29 is 14.7 Å².